The number of allylic oxidation sites excluding steroid dienone is 4. The molecule has 0 radical (unpaired) electrons. The summed E-state index contributed by atoms with van der Waals surface area (Å²) in [7, 11) is 0. The highest BCUT2D eigenvalue weighted by Crippen LogP contribution is 2.40. The van der Waals surface area contributed by atoms with Gasteiger partial charge in [0.1, 0.15) is 23.9 Å². The fraction of sp³-hybridized carbons (Fsp3) is 0.381. The van der Waals surface area contributed by atoms with Crippen molar-refractivity contribution < 1.29 is 23.8 Å². The first-order chi connectivity index (χ1) is 12.9. The van der Waals surface area contributed by atoms with Crippen LogP contribution in [0.15, 0.2) is 60.0 Å². The Hall–Kier alpha value is -2.47. The number of rotatable bonds is 4. The Morgan fingerprint density at radius 1 is 1.26 bits per heavy atom. The van der Waals surface area contributed by atoms with Gasteiger partial charge < -0.3 is 15.1 Å². The minimum Gasteiger partial charge on any atom is -0.508 e. The molecule has 3 aliphatic rings. The van der Waals surface area contributed by atoms with Gasteiger partial charge in [0.05, 0.1) is 6.04 Å². The molecule has 0 spiro atoms. The van der Waals surface area contributed by atoms with Crippen LogP contribution in [-0.2, 0) is 4.79 Å². The molecule has 0 bridgehead atoms. The molecule has 0 saturated heterocycles. The molecule has 1 aliphatic heterocycles. The van der Waals surface area contributed by atoms with Gasteiger partial charge in [-0.15, -0.1) is 0 Å². The number of carbonyl (C=O) groups excluding carboxylic acids is 1. The maximum absolute atomic E-state index is 14.4. The molecule has 1 aromatic rings. The second-order valence-electron chi connectivity index (χ2n) is 7.41. The lowest BCUT2D eigenvalue weighted by atomic mass is 9.90. The van der Waals surface area contributed by atoms with Crippen LogP contribution in [0.3, 0.4) is 0 Å². The fourth-order valence-electron chi connectivity index (χ4n) is 3.77. The number of phenolic OH excluding ortho intramolecular Hbond substituents is 1. The van der Waals surface area contributed by atoms with E-state index < -0.39 is 36.0 Å². The summed E-state index contributed by atoms with van der Waals surface area (Å²) in [5.41, 5.74) is 1.25. The van der Waals surface area contributed by atoms with E-state index in [4.69, 9.17) is 0 Å². The molecule has 4 rings (SSSR count). The van der Waals surface area contributed by atoms with Crippen LogP contribution in [0.2, 0.25) is 0 Å². The van der Waals surface area contributed by atoms with Crippen molar-refractivity contribution in [1.29, 1.82) is 0 Å². The normalized spacial score (nSPS) is 28.7. The first-order valence-corrected chi connectivity index (χ1v) is 9.11. The number of phenols is 1. The van der Waals surface area contributed by atoms with E-state index in [0.29, 0.717) is 11.1 Å². The van der Waals surface area contributed by atoms with Gasteiger partial charge in [-0.05, 0) is 60.3 Å². The predicted octanol–water partition coefficient (Wildman–Crippen LogP) is 3.35. The zero-order valence-corrected chi connectivity index (χ0v) is 14.6. The molecule has 2 aliphatic carbocycles. The number of alkyl halides is 1. The van der Waals surface area contributed by atoms with Crippen molar-refractivity contribution >= 4 is 5.91 Å². The molecular weight excluding hydrogens is 352 g/mol. The number of halogens is 2. The largest absolute Gasteiger partial charge is 0.508 e. The van der Waals surface area contributed by atoms with Crippen LogP contribution in [0.5, 0.6) is 5.75 Å². The molecule has 1 amide bonds. The van der Waals surface area contributed by atoms with E-state index in [1.165, 1.54) is 29.2 Å². The number of carbonyl (C=O) groups is 1. The summed E-state index contributed by atoms with van der Waals surface area (Å²) in [5, 5.41) is 20.1. The zero-order valence-electron chi connectivity index (χ0n) is 14.6. The third-order valence-electron chi connectivity index (χ3n) is 5.43. The van der Waals surface area contributed by atoms with Crippen molar-refractivity contribution in [3.8, 4) is 5.75 Å². The number of hydrogen-bond acceptors (Lipinski definition) is 3. The van der Waals surface area contributed by atoms with Gasteiger partial charge in [-0.1, -0.05) is 18.2 Å². The van der Waals surface area contributed by atoms with E-state index in [1.54, 1.807) is 18.2 Å². The Balaban J connectivity index is 1.67. The summed E-state index contributed by atoms with van der Waals surface area (Å²) in [6, 6.07) is 5.95. The van der Waals surface area contributed by atoms with Crippen LogP contribution < -0.4 is 0 Å². The SMILES string of the molecule is O=C([C@@H](O)C1CC1)N1CC(C2C=C(F)C=CC2F)=C[C@H]1c1cccc(O)c1. The molecule has 1 fully saturated rings. The van der Waals surface area contributed by atoms with Crippen molar-refractivity contribution in [2.45, 2.75) is 31.2 Å². The van der Waals surface area contributed by atoms with Crippen LogP contribution in [0.25, 0.3) is 0 Å². The van der Waals surface area contributed by atoms with Gasteiger partial charge in [0.25, 0.3) is 5.91 Å². The number of benzene rings is 1. The first kappa shape index (κ1) is 17.9. The minimum atomic E-state index is -1.37. The average Bonchev–Trinajstić information content (AvgIpc) is 3.41. The summed E-state index contributed by atoms with van der Waals surface area (Å²) < 4.78 is 28.0. The van der Waals surface area contributed by atoms with E-state index in [0.717, 1.165) is 18.9 Å². The Morgan fingerprint density at radius 3 is 2.74 bits per heavy atom. The number of amides is 1. The molecule has 1 saturated carbocycles. The summed E-state index contributed by atoms with van der Waals surface area (Å²) in [6.07, 6.45) is 4.41. The Morgan fingerprint density at radius 2 is 2.04 bits per heavy atom. The lowest BCUT2D eigenvalue weighted by Gasteiger charge is -2.28. The molecule has 4 nitrogen and oxygen atoms in total. The number of aromatic hydroxyl groups is 1. The molecule has 6 heteroatoms. The van der Waals surface area contributed by atoms with Gasteiger partial charge in [-0.2, -0.15) is 0 Å². The lowest BCUT2D eigenvalue weighted by Crippen LogP contribution is -2.41. The monoisotopic (exact) mass is 373 g/mol. The standard InChI is InChI=1S/C21H21F2NO3/c22-15-6-7-18(23)17(10-15)14-9-19(13-2-1-3-16(25)8-13)24(11-14)21(27)20(26)12-4-5-12/h1-3,6-10,12,17-20,25-26H,4-5,11H2/t17?,18?,19-,20-/m0/s1. The van der Waals surface area contributed by atoms with Crippen molar-refractivity contribution in [2.24, 2.45) is 11.8 Å². The first-order valence-electron chi connectivity index (χ1n) is 9.11. The van der Waals surface area contributed by atoms with E-state index >= 15 is 0 Å². The molecule has 1 aromatic carbocycles. The second-order valence-corrected chi connectivity index (χ2v) is 7.41. The van der Waals surface area contributed by atoms with Gasteiger partial charge in [0, 0.05) is 12.5 Å². The second kappa shape index (κ2) is 6.93. The molecule has 2 N–H and O–H groups in total. The van der Waals surface area contributed by atoms with Gasteiger partial charge >= 0.3 is 0 Å². The molecule has 0 aromatic heterocycles. The topological polar surface area (TPSA) is 60.8 Å². The van der Waals surface area contributed by atoms with Crippen LogP contribution in [-0.4, -0.2) is 39.8 Å². The van der Waals surface area contributed by atoms with Gasteiger partial charge in [0.15, 0.2) is 0 Å². The molecule has 1 heterocycles. The molecule has 4 atom stereocenters. The van der Waals surface area contributed by atoms with Crippen LogP contribution >= 0.6 is 0 Å². The molecule has 27 heavy (non-hydrogen) atoms. The Labute approximate surface area is 156 Å². The van der Waals surface area contributed by atoms with E-state index in [1.807, 2.05) is 0 Å². The van der Waals surface area contributed by atoms with Gasteiger partial charge in [-0.25, -0.2) is 8.78 Å². The number of aliphatic hydroxyl groups is 1. The van der Waals surface area contributed by atoms with Crippen molar-refractivity contribution in [1.82, 2.24) is 4.90 Å². The summed E-state index contributed by atoms with van der Waals surface area (Å²) in [6.45, 7) is 0.117. The van der Waals surface area contributed by atoms with Crippen LogP contribution in [0.4, 0.5) is 8.78 Å². The number of hydrogen-bond donors (Lipinski definition) is 2. The maximum Gasteiger partial charge on any atom is 0.252 e. The highest BCUT2D eigenvalue weighted by Gasteiger charge is 2.42. The third kappa shape index (κ3) is 3.54. The fourth-order valence-corrected chi connectivity index (χ4v) is 3.77. The highest BCUT2D eigenvalue weighted by molar-refractivity contribution is 5.83. The molecule has 142 valence electrons. The minimum absolute atomic E-state index is 0.0322. The predicted molar refractivity (Wildman–Crippen MR) is 96.1 cm³/mol. The highest BCUT2D eigenvalue weighted by atomic mass is 19.1. The van der Waals surface area contributed by atoms with Crippen molar-refractivity contribution in [3.63, 3.8) is 0 Å². The Bertz CT molecular complexity index is 844. The van der Waals surface area contributed by atoms with Crippen LogP contribution in [0.1, 0.15) is 24.4 Å². The van der Waals surface area contributed by atoms with Gasteiger partial charge in [-0.3, -0.25) is 4.79 Å². The molecular formula is C21H21F2NO3. The van der Waals surface area contributed by atoms with Crippen molar-refractivity contribution in [3.05, 3.63) is 65.5 Å². The molecule has 2 unspecified atom stereocenters. The summed E-state index contributed by atoms with van der Waals surface area (Å²) >= 11 is 0. The lowest BCUT2D eigenvalue weighted by molar-refractivity contribution is -0.141. The van der Waals surface area contributed by atoms with E-state index in [2.05, 4.69) is 0 Å². The van der Waals surface area contributed by atoms with Crippen molar-refractivity contribution in [2.75, 3.05) is 6.54 Å². The quantitative estimate of drug-likeness (QED) is 0.796. The average molecular weight is 373 g/mol. The Kier molecular flexibility index (Phi) is 4.60. The van der Waals surface area contributed by atoms with E-state index in [9.17, 15) is 23.8 Å². The maximum atomic E-state index is 14.4. The zero-order chi connectivity index (χ0) is 19.1. The summed E-state index contributed by atoms with van der Waals surface area (Å²) in [5.74, 6) is -1.69. The van der Waals surface area contributed by atoms with Crippen LogP contribution in [0, 0.1) is 11.8 Å². The third-order valence-corrected chi connectivity index (χ3v) is 5.43. The van der Waals surface area contributed by atoms with Gasteiger partial charge in [0.2, 0.25) is 0 Å². The number of aliphatic hydroxyl groups excluding tert-OH is 1. The van der Waals surface area contributed by atoms with E-state index in [-0.39, 0.29) is 18.2 Å². The summed E-state index contributed by atoms with van der Waals surface area (Å²) in [4.78, 5) is 14.3. The smallest absolute Gasteiger partial charge is 0.252 e. The number of nitrogens with zero attached hydrogens (tertiary/aromatic N) is 1.